The van der Waals surface area contributed by atoms with Crippen molar-refractivity contribution in [3.8, 4) is 0 Å². The van der Waals surface area contributed by atoms with Crippen molar-refractivity contribution in [1.29, 1.82) is 0 Å². The van der Waals surface area contributed by atoms with Gasteiger partial charge < -0.3 is 21.7 Å². The van der Waals surface area contributed by atoms with Gasteiger partial charge in [0.25, 0.3) is 0 Å². The molecule has 1 saturated heterocycles. The quantitative estimate of drug-likeness (QED) is 0.594. The Bertz CT molecular complexity index is 863. The highest BCUT2D eigenvalue weighted by Gasteiger charge is 2.38. The fourth-order valence-corrected chi connectivity index (χ4v) is 4.14. The van der Waals surface area contributed by atoms with E-state index in [0.29, 0.717) is 5.82 Å². The number of nitrogen functional groups attached to an aromatic ring is 1. The minimum atomic E-state index is -4.42. The molecule has 0 spiro atoms. The van der Waals surface area contributed by atoms with Crippen LogP contribution in [0.5, 0.6) is 0 Å². The Labute approximate surface area is 168 Å². The Morgan fingerprint density at radius 2 is 1.69 bits per heavy atom. The van der Waals surface area contributed by atoms with Gasteiger partial charge in [-0.3, -0.25) is 0 Å². The van der Waals surface area contributed by atoms with Crippen molar-refractivity contribution < 1.29 is 13.2 Å². The van der Waals surface area contributed by atoms with E-state index >= 15 is 0 Å². The summed E-state index contributed by atoms with van der Waals surface area (Å²) in [4.78, 5) is 8.33. The lowest BCUT2D eigenvalue weighted by atomic mass is 9.79. The fourth-order valence-electron chi connectivity index (χ4n) is 4.14. The molecule has 0 bridgehead atoms. The van der Waals surface area contributed by atoms with E-state index in [0.717, 1.165) is 25.0 Å². The molecule has 5 N–H and O–H groups in total. The smallest absolute Gasteiger partial charge is 0.393 e. The van der Waals surface area contributed by atoms with Crippen LogP contribution in [-0.2, 0) is 6.18 Å². The third-order valence-electron chi connectivity index (χ3n) is 4.87. The van der Waals surface area contributed by atoms with Gasteiger partial charge in [-0.25, -0.2) is 9.97 Å². The summed E-state index contributed by atoms with van der Waals surface area (Å²) in [6, 6.07) is 5.04. The molecule has 9 heteroatoms. The normalized spacial score (nSPS) is 19.0. The van der Waals surface area contributed by atoms with Gasteiger partial charge in [-0.1, -0.05) is 6.07 Å². The summed E-state index contributed by atoms with van der Waals surface area (Å²) in [6.45, 7) is 8.58. The maximum absolute atomic E-state index is 12.9. The summed E-state index contributed by atoms with van der Waals surface area (Å²) >= 11 is 0. The molecule has 0 radical (unpaired) electrons. The van der Waals surface area contributed by atoms with Gasteiger partial charge in [-0.05, 0) is 58.7 Å². The summed E-state index contributed by atoms with van der Waals surface area (Å²) < 4.78 is 38.8. The predicted molar refractivity (Wildman–Crippen MR) is 109 cm³/mol. The number of benzene rings is 1. The molecule has 2 aromatic rings. The molecule has 0 unspecified atom stereocenters. The molecule has 6 nitrogen and oxygen atoms in total. The lowest BCUT2D eigenvalue weighted by Gasteiger charge is -2.46. The highest BCUT2D eigenvalue weighted by Crippen LogP contribution is 2.34. The van der Waals surface area contributed by atoms with E-state index < -0.39 is 11.7 Å². The number of rotatable bonds is 4. The first-order valence-electron chi connectivity index (χ1n) is 9.45. The van der Waals surface area contributed by atoms with Crippen molar-refractivity contribution in [2.75, 3.05) is 16.4 Å². The molecule has 3 rings (SSSR count). The topological polar surface area (TPSA) is 87.9 Å². The Hall–Kier alpha value is -2.55. The van der Waals surface area contributed by atoms with E-state index in [1.807, 2.05) is 0 Å². The number of nitrogens with two attached hydrogens (primary N) is 1. The van der Waals surface area contributed by atoms with E-state index in [2.05, 4.69) is 53.6 Å². The van der Waals surface area contributed by atoms with Gasteiger partial charge in [0.1, 0.15) is 12.0 Å². The van der Waals surface area contributed by atoms with Crippen molar-refractivity contribution >= 4 is 23.0 Å². The lowest BCUT2D eigenvalue weighted by Crippen LogP contribution is -2.60. The van der Waals surface area contributed by atoms with Crippen LogP contribution in [-0.4, -0.2) is 27.1 Å². The molecule has 0 amide bonds. The number of hydrogen-bond donors (Lipinski definition) is 4. The highest BCUT2D eigenvalue weighted by atomic mass is 19.4. The van der Waals surface area contributed by atoms with Gasteiger partial charge in [0, 0.05) is 22.8 Å². The Morgan fingerprint density at radius 1 is 1.07 bits per heavy atom. The van der Waals surface area contributed by atoms with Crippen molar-refractivity contribution in [3.63, 3.8) is 0 Å². The molecular formula is C20H27F3N6. The zero-order valence-electron chi connectivity index (χ0n) is 17.0. The number of alkyl halides is 3. The van der Waals surface area contributed by atoms with Crippen LogP contribution in [0.15, 0.2) is 30.6 Å². The first-order valence-corrected chi connectivity index (χ1v) is 9.45. The third-order valence-corrected chi connectivity index (χ3v) is 4.87. The van der Waals surface area contributed by atoms with Crippen molar-refractivity contribution in [1.82, 2.24) is 15.3 Å². The highest BCUT2D eigenvalue weighted by molar-refractivity contribution is 5.77. The van der Waals surface area contributed by atoms with E-state index in [9.17, 15) is 13.2 Å². The number of nitrogens with one attached hydrogen (secondary N) is 3. The first kappa shape index (κ1) is 21.2. The van der Waals surface area contributed by atoms with Crippen molar-refractivity contribution in [2.45, 2.75) is 63.8 Å². The lowest BCUT2D eigenvalue weighted by molar-refractivity contribution is -0.137. The second-order valence-electron chi connectivity index (χ2n) is 8.83. The van der Waals surface area contributed by atoms with Gasteiger partial charge >= 0.3 is 6.18 Å². The minimum Gasteiger partial charge on any atom is -0.393 e. The number of hydrogen-bond acceptors (Lipinski definition) is 6. The number of nitrogens with zero attached hydrogens (tertiary/aromatic N) is 2. The zero-order valence-corrected chi connectivity index (χ0v) is 17.0. The van der Waals surface area contributed by atoms with Gasteiger partial charge in [0.15, 0.2) is 11.6 Å². The Kier molecular flexibility index (Phi) is 5.38. The fraction of sp³-hybridized carbons (Fsp3) is 0.500. The second kappa shape index (κ2) is 7.37. The van der Waals surface area contributed by atoms with Crippen molar-refractivity contribution in [3.05, 3.63) is 36.2 Å². The molecule has 0 atom stereocenters. The molecular weight excluding hydrogens is 381 g/mol. The predicted octanol–water partition coefficient (Wildman–Crippen LogP) is 4.54. The van der Waals surface area contributed by atoms with E-state index in [1.54, 1.807) is 0 Å². The van der Waals surface area contributed by atoms with E-state index in [-0.39, 0.29) is 34.3 Å². The van der Waals surface area contributed by atoms with Gasteiger partial charge in [-0.15, -0.1) is 0 Å². The SMILES string of the molecule is CC1(C)CC(Nc2ncnc(Nc3cccc(C(F)(F)F)c3)c2N)CC(C)(C)N1. The maximum Gasteiger partial charge on any atom is 0.416 e. The summed E-state index contributed by atoms with van der Waals surface area (Å²) in [5.74, 6) is 0.724. The van der Waals surface area contributed by atoms with Crippen LogP contribution >= 0.6 is 0 Å². The number of anilines is 4. The van der Waals surface area contributed by atoms with Crippen LogP contribution < -0.4 is 21.7 Å². The molecule has 1 aromatic carbocycles. The average Bonchev–Trinajstić information content (AvgIpc) is 2.55. The van der Waals surface area contributed by atoms with Crippen LogP contribution in [0.4, 0.5) is 36.2 Å². The third kappa shape index (κ3) is 5.29. The maximum atomic E-state index is 12.9. The largest absolute Gasteiger partial charge is 0.416 e. The molecule has 0 saturated carbocycles. The standard InChI is InChI=1S/C20H27F3N6/c1-18(2)9-14(10-19(3,4)29-18)28-17-15(24)16(25-11-26-17)27-13-7-5-6-12(8-13)20(21,22)23/h5-8,11,14,29H,9-10,24H2,1-4H3,(H2,25,26,27,28). The summed E-state index contributed by atoms with van der Waals surface area (Å²) in [6.07, 6.45) is -1.34. The monoisotopic (exact) mass is 408 g/mol. The molecule has 1 aliphatic heterocycles. The van der Waals surface area contributed by atoms with Crippen LogP contribution in [0.3, 0.4) is 0 Å². The van der Waals surface area contributed by atoms with Gasteiger partial charge in [0.05, 0.1) is 5.56 Å². The molecule has 1 aliphatic rings. The van der Waals surface area contributed by atoms with Crippen LogP contribution in [0, 0.1) is 0 Å². The second-order valence-corrected chi connectivity index (χ2v) is 8.83. The summed E-state index contributed by atoms with van der Waals surface area (Å²) in [7, 11) is 0. The Balaban J connectivity index is 1.80. The van der Waals surface area contributed by atoms with Crippen LogP contribution in [0.1, 0.15) is 46.1 Å². The molecule has 1 fully saturated rings. The van der Waals surface area contributed by atoms with Crippen LogP contribution in [0.25, 0.3) is 0 Å². The van der Waals surface area contributed by atoms with E-state index in [4.69, 9.17) is 5.73 Å². The first-order chi connectivity index (χ1) is 13.3. The summed E-state index contributed by atoms with van der Waals surface area (Å²) in [5, 5.41) is 9.87. The van der Waals surface area contributed by atoms with Crippen LogP contribution in [0.2, 0.25) is 0 Å². The number of aromatic nitrogens is 2. The minimum absolute atomic E-state index is 0.0552. The zero-order chi connectivity index (χ0) is 21.4. The van der Waals surface area contributed by atoms with E-state index in [1.165, 1.54) is 18.5 Å². The molecule has 2 heterocycles. The number of piperidine rings is 1. The Morgan fingerprint density at radius 3 is 2.31 bits per heavy atom. The molecule has 158 valence electrons. The molecule has 1 aromatic heterocycles. The molecule has 29 heavy (non-hydrogen) atoms. The van der Waals surface area contributed by atoms with Gasteiger partial charge in [0.2, 0.25) is 0 Å². The average molecular weight is 408 g/mol. The number of halogens is 3. The summed E-state index contributed by atoms with van der Waals surface area (Å²) in [5.41, 5.74) is 5.88. The molecule has 0 aliphatic carbocycles. The van der Waals surface area contributed by atoms with Gasteiger partial charge in [-0.2, -0.15) is 13.2 Å². The van der Waals surface area contributed by atoms with Crippen molar-refractivity contribution in [2.24, 2.45) is 0 Å².